The van der Waals surface area contributed by atoms with Crippen LogP contribution in [0.15, 0.2) is 28.7 Å². The van der Waals surface area contributed by atoms with Crippen LogP contribution in [0, 0.1) is 11.7 Å². The summed E-state index contributed by atoms with van der Waals surface area (Å²) in [4.78, 5) is 0. The largest absolute Gasteiger partial charge is 0.455 e. The van der Waals surface area contributed by atoms with Crippen LogP contribution in [0.5, 0.6) is 0 Å². The van der Waals surface area contributed by atoms with Crippen molar-refractivity contribution in [3.8, 4) is 0 Å². The molecule has 1 fully saturated rings. The van der Waals surface area contributed by atoms with Crippen LogP contribution in [0.25, 0.3) is 11.0 Å². The number of aliphatic hydroxyl groups is 1. The van der Waals surface area contributed by atoms with Gasteiger partial charge in [0.15, 0.2) is 11.4 Å². The molecule has 1 aliphatic carbocycles. The van der Waals surface area contributed by atoms with E-state index in [1.807, 2.05) is 6.07 Å². The van der Waals surface area contributed by atoms with Gasteiger partial charge in [0.1, 0.15) is 11.4 Å². The predicted octanol–water partition coefficient (Wildman–Crippen LogP) is 3.97. The maximum atomic E-state index is 13.6. The molecule has 1 N–H and O–H groups in total. The van der Waals surface area contributed by atoms with Gasteiger partial charge >= 0.3 is 0 Å². The quantitative estimate of drug-likeness (QED) is 0.872. The molecule has 0 aliphatic heterocycles. The van der Waals surface area contributed by atoms with Gasteiger partial charge in [0.25, 0.3) is 0 Å². The predicted molar refractivity (Wildman–Crippen MR) is 67.7 cm³/mol. The zero-order valence-electron chi connectivity index (χ0n) is 10.4. The van der Waals surface area contributed by atoms with Gasteiger partial charge in [0, 0.05) is 5.39 Å². The maximum Gasteiger partial charge on any atom is 0.170 e. The Labute approximate surface area is 105 Å². The van der Waals surface area contributed by atoms with Crippen molar-refractivity contribution < 1.29 is 13.9 Å². The van der Waals surface area contributed by atoms with Gasteiger partial charge in [-0.15, -0.1) is 0 Å². The molecule has 1 aliphatic rings. The van der Waals surface area contributed by atoms with E-state index in [9.17, 15) is 9.50 Å². The molecule has 2 aromatic rings. The first kappa shape index (κ1) is 11.7. The molecule has 0 bridgehead atoms. The molecule has 3 rings (SSSR count). The molecular weight excluding hydrogens is 231 g/mol. The number of hydrogen-bond donors (Lipinski definition) is 1. The minimum absolute atomic E-state index is 0.209. The molecule has 1 aromatic heterocycles. The van der Waals surface area contributed by atoms with Crippen molar-refractivity contribution in [3.63, 3.8) is 0 Å². The second-order valence-electron chi connectivity index (χ2n) is 5.19. The van der Waals surface area contributed by atoms with Gasteiger partial charge in [-0.25, -0.2) is 4.39 Å². The molecule has 1 heterocycles. The maximum absolute atomic E-state index is 13.6. The summed E-state index contributed by atoms with van der Waals surface area (Å²) < 4.78 is 19.2. The summed E-state index contributed by atoms with van der Waals surface area (Å²) in [6, 6.07) is 6.63. The Morgan fingerprint density at radius 1 is 1.50 bits per heavy atom. The first-order valence-corrected chi connectivity index (χ1v) is 6.56. The van der Waals surface area contributed by atoms with Crippen LogP contribution in [0.1, 0.15) is 38.4 Å². The molecule has 0 radical (unpaired) electrons. The highest BCUT2D eigenvalue weighted by Crippen LogP contribution is 2.46. The number of benzene rings is 1. The van der Waals surface area contributed by atoms with E-state index in [1.165, 1.54) is 6.07 Å². The molecular formula is C15H17FO2. The number of fused-ring (bicyclic) bond motifs is 1. The second kappa shape index (κ2) is 4.09. The van der Waals surface area contributed by atoms with E-state index >= 15 is 0 Å². The van der Waals surface area contributed by atoms with Gasteiger partial charge in [-0.05, 0) is 37.3 Å². The minimum Gasteiger partial charge on any atom is -0.455 e. The number of halogens is 1. The highest BCUT2D eigenvalue weighted by atomic mass is 19.1. The smallest absolute Gasteiger partial charge is 0.170 e. The van der Waals surface area contributed by atoms with Gasteiger partial charge in [0.05, 0.1) is 0 Å². The molecule has 18 heavy (non-hydrogen) atoms. The molecule has 2 nitrogen and oxygen atoms in total. The summed E-state index contributed by atoms with van der Waals surface area (Å²) in [6.07, 6.45) is 3.62. The summed E-state index contributed by atoms with van der Waals surface area (Å²) in [7, 11) is 0. The lowest BCUT2D eigenvalue weighted by molar-refractivity contribution is -0.0222. The van der Waals surface area contributed by atoms with Crippen molar-refractivity contribution in [2.75, 3.05) is 0 Å². The van der Waals surface area contributed by atoms with Crippen LogP contribution in [0.2, 0.25) is 0 Å². The Morgan fingerprint density at radius 2 is 2.33 bits per heavy atom. The van der Waals surface area contributed by atoms with Gasteiger partial charge in [0.2, 0.25) is 0 Å². The molecule has 3 heteroatoms. The highest BCUT2D eigenvalue weighted by molar-refractivity contribution is 5.78. The Kier molecular flexibility index (Phi) is 2.67. The lowest BCUT2D eigenvalue weighted by atomic mass is 9.86. The van der Waals surface area contributed by atoms with Crippen molar-refractivity contribution in [3.05, 3.63) is 35.8 Å². The van der Waals surface area contributed by atoms with Crippen LogP contribution < -0.4 is 0 Å². The zero-order chi connectivity index (χ0) is 12.8. The standard InChI is InChI=1S/C15H17FO2/c1-2-11-6-4-8-15(11,17)13-9-10-5-3-7-12(16)14(10)18-13/h3,5,7,9,11,17H,2,4,6,8H2,1H3. The molecule has 0 spiro atoms. The monoisotopic (exact) mass is 248 g/mol. The summed E-state index contributed by atoms with van der Waals surface area (Å²) >= 11 is 0. The summed E-state index contributed by atoms with van der Waals surface area (Å²) in [5.74, 6) is 0.362. The SMILES string of the molecule is CCC1CCCC1(O)c1cc2cccc(F)c2o1. The molecule has 2 unspecified atom stereocenters. The molecule has 0 amide bonds. The van der Waals surface area contributed by atoms with Crippen LogP contribution in [0.4, 0.5) is 4.39 Å². The van der Waals surface area contributed by atoms with E-state index in [4.69, 9.17) is 4.42 Å². The number of furan rings is 1. The third kappa shape index (κ3) is 1.57. The van der Waals surface area contributed by atoms with Crippen LogP contribution >= 0.6 is 0 Å². The molecule has 0 saturated heterocycles. The molecule has 1 aromatic carbocycles. The number of hydrogen-bond acceptors (Lipinski definition) is 2. The topological polar surface area (TPSA) is 33.4 Å². The summed E-state index contributed by atoms with van der Waals surface area (Å²) in [5.41, 5.74) is -0.664. The summed E-state index contributed by atoms with van der Waals surface area (Å²) in [5, 5.41) is 11.5. The molecule has 96 valence electrons. The van der Waals surface area contributed by atoms with E-state index in [-0.39, 0.29) is 17.3 Å². The van der Waals surface area contributed by atoms with Crippen molar-refractivity contribution >= 4 is 11.0 Å². The van der Waals surface area contributed by atoms with E-state index in [0.717, 1.165) is 24.6 Å². The van der Waals surface area contributed by atoms with E-state index in [2.05, 4.69) is 6.92 Å². The average molecular weight is 248 g/mol. The highest BCUT2D eigenvalue weighted by Gasteiger charge is 2.44. The first-order chi connectivity index (χ1) is 8.65. The van der Waals surface area contributed by atoms with Crippen LogP contribution in [-0.2, 0) is 5.60 Å². The normalized spacial score (nSPS) is 28.1. The molecule has 1 saturated carbocycles. The number of rotatable bonds is 2. The fourth-order valence-electron chi connectivity index (χ4n) is 3.17. The van der Waals surface area contributed by atoms with Crippen LogP contribution in [-0.4, -0.2) is 5.11 Å². The van der Waals surface area contributed by atoms with Crippen molar-refractivity contribution in [2.24, 2.45) is 5.92 Å². The van der Waals surface area contributed by atoms with Gasteiger partial charge in [-0.2, -0.15) is 0 Å². The first-order valence-electron chi connectivity index (χ1n) is 6.56. The van der Waals surface area contributed by atoms with Gasteiger partial charge < -0.3 is 9.52 Å². The van der Waals surface area contributed by atoms with Crippen molar-refractivity contribution in [1.29, 1.82) is 0 Å². The van der Waals surface area contributed by atoms with E-state index in [0.29, 0.717) is 12.2 Å². The van der Waals surface area contributed by atoms with Gasteiger partial charge in [-0.1, -0.05) is 25.5 Å². The lowest BCUT2D eigenvalue weighted by Gasteiger charge is -2.27. The number of para-hydroxylation sites is 1. The minimum atomic E-state index is -0.916. The Bertz CT molecular complexity index is 575. The second-order valence-corrected chi connectivity index (χ2v) is 5.19. The zero-order valence-corrected chi connectivity index (χ0v) is 10.4. The Morgan fingerprint density at radius 3 is 3.06 bits per heavy atom. The van der Waals surface area contributed by atoms with Crippen molar-refractivity contribution in [2.45, 2.75) is 38.2 Å². The molecule has 2 atom stereocenters. The van der Waals surface area contributed by atoms with E-state index < -0.39 is 5.60 Å². The Hall–Kier alpha value is -1.35. The average Bonchev–Trinajstić information content (AvgIpc) is 2.94. The third-order valence-electron chi connectivity index (χ3n) is 4.20. The van der Waals surface area contributed by atoms with Crippen molar-refractivity contribution in [1.82, 2.24) is 0 Å². The van der Waals surface area contributed by atoms with Crippen LogP contribution in [0.3, 0.4) is 0 Å². The third-order valence-corrected chi connectivity index (χ3v) is 4.20. The summed E-state index contributed by atoms with van der Waals surface area (Å²) in [6.45, 7) is 2.07. The van der Waals surface area contributed by atoms with E-state index in [1.54, 1.807) is 12.1 Å². The Balaban J connectivity index is 2.11. The fraction of sp³-hybridized carbons (Fsp3) is 0.467. The lowest BCUT2D eigenvalue weighted by Crippen LogP contribution is -2.29. The fourth-order valence-corrected chi connectivity index (χ4v) is 3.17. The van der Waals surface area contributed by atoms with Gasteiger partial charge in [-0.3, -0.25) is 0 Å².